The second kappa shape index (κ2) is 5.80. The van der Waals surface area contributed by atoms with Gasteiger partial charge in [-0.25, -0.2) is 8.78 Å². The van der Waals surface area contributed by atoms with Crippen LogP contribution in [-0.4, -0.2) is 6.54 Å². The Labute approximate surface area is 110 Å². The first-order valence-corrected chi connectivity index (χ1v) is 5.99. The van der Waals surface area contributed by atoms with E-state index in [0.717, 1.165) is 0 Å². The van der Waals surface area contributed by atoms with Crippen molar-refractivity contribution in [2.75, 3.05) is 6.54 Å². The number of hydrogen-bond acceptors (Lipinski definition) is 2. The van der Waals surface area contributed by atoms with Crippen LogP contribution in [0.5, 0.6) is 5.75 Å². The molecule has 4 heteroatoms. The van der Waals surface area contributed by atoms with Crippen LogP contribution < -0.4 is 10.5 Å². The van der Waals surface area contributed by atoms with Crippen LogP contribution in [0.15, 0.2) is 42.5 Å². The summed E-state index contributed by atoms with van der Waals surface area (Å²) in [5.41, 5.74) is 6.39. The summed E-state index contributed by atoms with van der Waals surface area (Å²) in [5.74, 6) is -0.776. The number of benzene rings is 2. The third-order valence-electron chi connectivity index (χ3n) is 2.89. The van der Waals surface area contributed by atoms with E-state index in [1.807, 2.05) is 0 Å². The zero-order chi connectivity index (χ0) is 13.8. The summed E-state index contributed by atoms with van der Waals surface area (Å²) >= 11 is 0. The zero-order valence-corrected chi connectivity index (χ0v) is 10.6. The first-order chi connectivity index (χ1) is 9.13. The molecule has 0 saturated carbocycles. The van der Waals surface area contributed by atoms with Crippen LogP contribution in [0.4, 0.5) is 8.78 Å². The summed E-state index contributed by atoms with van der Waals surface area (Å²) in [4.78, 5) is 0. The van der Waals surface area contributed by atoms with Gasteiger partial charge in [0.15, 0.2) is 11.6 Å². The second-order valence-corrected chi connectivity index (χ2v) is 4.25. The van der Waals surface area contributed by atoms with E-state index in [9.17, 15) is 8.78 Å². The average Bonchev–Trinajstić information content (AvgIpc) is 2.41. The maximum atomic E-state index is 13.9. The summed E-state index contributed by atoms with van der Waals surface area (Å²) in [6.07, 6.45) is -0.711. The lowest BCUT2D eigenvalue weighted by atomic mass is 10.1. The highest BCUT2D eigenvalue weighted by molar-refractivity contribution is 5.31. The molecule has 0 aliphatic rings. The van der Waals surface area contributed by atoms with Crippen LogP contribution >= 0.6 is 0 Å². The number of hydrogen-bond donors (Lipinski definition) is 1. The van der Waals surface area contributed by atoms with E-state index in [-0.39, 0.29) is 12.3 Å². The molecule has 0 aliphatic carbocycles. The summed E-state index contributed by atoms with van der Waals surface area (Å²) in [7, 11) is 0. The number of halogens is 2. The Hall–Kier alpha value is -1.94. The normalized spacial score (nSPS) is 12.2. The highest BCUT2D eigenvalue weighted by Crippen LogP contribution is 2.26. The molecule has 0 aliphatic heterocycles. The number of aryl methyl sites for hydroxylation is 1. The van der Waals surface area contributed by atoms with Crippen molar-refractivity contribution in [1.29, 1.82) is 0 Å². The molecular weight excluding hydrogens is 248 g/mol. The lowest BCUT2D eigenvalue weighted by molar-refractivity contribution is 0.199. The van der Waals surface area contributed by atoms with Crippen molar-refractivity contribution in [3.63, 3.8) is 0 Å². The molecule has 0 saturated heterocycles. The Kier molecular flexibility index (Phi) is 4.12. The van der Waals surface area contributed by atoms with Gasteiger partial charge in [0.1, 0.15) is 11.9 Å². The van der Waals surface area contributed by atoms with Crippen molar-refractivity contribution >= 4 is 0 Å². The molecule has 2 nitrogen and oxygen atoms in total. The molecule has 2 aromatic rings. The van der Waals surface area contributed by atoms with Crippen molar-refractivity contribution in [1.82, 2.24) is 0 Å². The topological polar surface area (TPSA) is 35.2 Å². The van der Waals surface area contributed by atoms with Gasteiger partial charge >= 0.3 is 0 Å². The van der Waals surface area contributed by atoms with E-state index >= 15 is 0 Å². The van der Waals surface area contributed by atoms with Gasteiger partial charge in [-0.15, -0.1) is 0 Å². The highest BCUT2D eigenvalue weighted by Gasteiger charge is 2.17. The summed E-state index contributed by atoms with van der Waals surface area (Å²) < 4.78 is 33.0. The third-order valence-corrected chi connectivity index (χ3v) is 2.89. The molecule has 0 radical (unpaired) electrons. The SMILES string of the molecule is Cc1cccc(OC(CN)c2ccccc2F)c1F. The van der Waals surface area contributed by atoms with Gasteiger partial charge in [0.25, 0.3) is 0 Å². The van der Waals surface area contributed by atoms with Crippen LogP contribution in [0, 0.1) is 18.6 Å². The van der Waals surface area contributed by atoms with E-state index in [2.05, 4.69) is 0 Å². The second-order valence-electron chi connectivity index (χ2n) is 4.25. The van der Waals surface area contributed by atoms with Crippen molar-refractivity contribution in [3.05, 3.63) is 65.2 Å². The van der Waals surface area contributed by atoms with E-state index in [4.69, 9.17) is 10.5 Å². The van der Waals surface area contributed by atoms with E-state index in [1.165, 1.54) is 12.1 Å². The van der Waals surface area contributed by atoms with Crippen molar-refractivity contribution in [2.24, 2.45) is 5.73 Å². The third kappa shape index (κ3) is 2.90. The van der Waals surface area contributed by atoms with Gasteiger partial charge in [-0.3, -0.25) is 0 Å². The Bertz CT molecular complexity index is 572. The fourth-order valence-electron chi connectivity index (χ4n) is 1.84. The summed E-state index contributed by atoms with van der Waals surface area (Å²) in [5, 5.41) is 0. The van der Waals surface area contributed by atoms with Gasteiger partial charge in [-0.2, -0.15) is 0 Å². The summed E-state index contributed by atoms with van der Waals surface area (Å²) in [6, 6.07) is 11.0. The first-order valence-electron chi connectivity index (χ1n) is 5.99. The number of ether oxygens (including phenoxy) is 1. The maximum absolute atomic E-state index is 13.9. The number of rotatable bonds is 4. The van der Waals surface area contributed by atoms with Crippen LogP contribution in [0.2, 0.25) is 0 Å². The van der Waals surface area contributed by atoms with Gasteiger partial charge in [0.2, 0.25) is 0 Å². The van der Waals surface area contributed by atoms with Gasteiger partial charge < -0.3 is 10.5 Å². The standard InChI is InChI=1S/C15H15F2NO/c1-10-5-4-8-13(15(10)17)19-14(9-18)11-6-2-3-7-12(11)16/h2-8,14H,9,18H2,1H3. The minimum Gasteiger partial charge on any atom is -0.481 e. The molecule has 0 aromatic heterocycles. The van der Waals surface area contributed by atoms with Gasteiger partial charge in [0.05, 0.1) is 0 Å². The molecule has 0 bridgehead atoms. The predicted octanol–water partition coefficient (Wildman–Crippen LogP) is 3.35. The maximum Gasteiger partial charge on any atom is 0.167 e. The fraction of sp³-hybridized carbons (Fsp3) is 0.200. The van der Waals surface area contributed by atoms with Gasteiger partial charge in [-0.1, -0.05) is 30.3 Å². The van der Waals surface area contributed by atoms with E-state index < -0.39 is 17.7 Å². The predicted molar refractivity (Wildman–Crippen MR) is 70.0 cm³/mol. The van der Waals surface area contributed by atoms with Crippen molar-refractivity contribution in [3.8, 4) is 5.75 Å². The Morgan fingerprint density at radius 2 is 1.84 bits per heavy atom. The summed E-state index contributed by atoms with van der Waals surface area (Å²) in [6.45, 7) is 1.71. The lowest BCUT2D eigenvalue weighted by Crippen LogP contribution is -2.20. The van der Waals surface area contributed by atoms with Gasteiger partial charge in [0, 0.05) is 12.1 Å². The molecule has 1 atom stereocenters. The molecule has 2 rings (SSSR count). The smallest absolute Gasteiger partial charge is 0.167 e. The molecule has 0 spiro atoms. The molecule has 2 N–H and O–H groups in total. The molecule has 19 heavy (non-hydrogen) atoms. The number of nitrogens with two attached hydrogens (primary N) is 1. The highest BCUT2D eigenvalue weighted by atomic mass is 19.1. The van der Waals surface area contributed by atoms with Crippen LogP contribution in [0.3, 0.4) is 0 Å². The Balaban J connectivity index is 2.30. The average molecular weight is 263 g/mol. The minimum absolute atomic E-state index is 0.0638. The molecular formula is C15H15F2NO. The van der Waals surface area contributed by atoms with Crippen molar-refractivity contribution in [2.45, 2.75) is 13.0 Å². The Morgan fingerprint density at radius 3 is 2.53 bits per heavy atom. The van der Waals surface area contributed by atoms with Crippen molar-refractivity contribution < 1.29 is 13.5 Å². The Morgan fingerprint density at radius 1 is 1.11 bits per heavy atom. The van der Waals surface area contributed by atoms with Gasteiger partial charge in [-0.05, 0) is 24.6 Å². The zero-order valence-electron chi connectivity index (χ0n) is 10.6. The van der Waals surface area contributed by atoms with E-state index in [0.29, 0.717) is 11.1 Å². The first kappa shape index (κ1) is 13.5. The lowest BCUT2D eigenvalue weighted by Gasteiger charge is -2.19. The monoisotopic (exact) mass is 263 g/mol. The largest absolute Gasteiger partial charge is 0.481 e. The molecule has 100 valence electrons. The molecule has 0 fully saturated rings. The quantitative estimate of drug-likeness (QED) is 0.918. The van der Waals surface area contributed by atoms with Crippen LogP contribution in [0.1, 0.15) is 17.2 Å². The fourth-order valence-corrected chi connectivity index (χ4v) is 1.84. The molecule has 0 heterocycles. The minimum atomic E-state index is -0.711. The molecule has 2 aromatic carbocycles. The van der Waals surface area contributed by atoms with Crippen LogP contribution in [0.25, 0.3) is 0 Å². The molecule has 0 amide bonds. The molecule has 1 unspecified atom stereocenters. The van der Waals surface area contributed by atoms with E-state index in [1.54, 1.807) is 37.3 Å². The van der Waals surface area contributed by atoms with Crippen LogP contribution in [-0.2, 0) is 0 Å².